The van der Waals surface area contributed by atoms with Crippen LogP contribution in [0.1, 0.15) is 5.56 Å². The summed E-state index contributed by atoms with van der Waals surface area (Å²) >= 11 is 6.98. The molecule has 0 unspecified atom stereocenters. The van der Waals surface area contributed by atoms with Gasteiger partial charge in [-0.25, -0.2) is 0 Å². The molecule has 0 atom stereocenters. The highest BCUT2D eigenvalue weighted by Crippen LogP contribution is 2.34. The van der Waals surface area contributed by atoms with Crippen LogP contribution in [0.4, 0.5) is 0 Å². The molecule has 0 radical (unpaired) electrons. The summed E-state index contributed by atoms with van der Waals surface area (Å²) in [5.41, 5.74) is 6.90. The van der Waals surface area contributed by atoms with Crippen LogP contribution in [0.5, 0.6) is 0 Å². The van der Waals surface area contributed by atoms with E-state index in [-0.39, 0.29) is 0 Å². The van der Waals surface area contributed by atoms with E-state index in [2.05, 4.69) is 51.6 Å². The lowest BCUT2D eigenvalue weighted by Gasteiger charge is -2.06. The zero-order valence-corrected chi connectivity index (χ0v) is 11.2. The van der Waals surface area contributed by atoms with E-state index < -0.39 is 0 Å². The van der Waals surface area contributed by atoms with Crippen LogP contribution in [0.2, 0.25) is 0 Å². The van der Waals surface area contributed by atoms with E-state index >= 15 is 0 Å². The molecule has 2 aromatic rings. The number of rotatable bonds is 3. The highest BCUT2D eigenvalue weighted by atomic mass is 79.9. The second-order valence-electron chi connectivity index (χ2n) is 2.99. The summed E-state index contributed by atoms with van der Waals surface area (Å²) in [6.07, 6.45) is 0. The Labute approximate surface area is 106 Å². The minimum Gasteiger partial charge on any atom is -0.326 e. The normalized spacial score (nSPS) is 10.5. The Kier molecular flexibility index (Phi) is 3.86. The van der Waals surface area contributed by atoms with E-state index in [1.54, 1.807) is 23.1 Å². The van der Waals surface area contributed by atoms with E-state index in [4.69, 9.17) is 5.73 Å². The lowest BCUT2D eigenvalue weighted by atomic mass is 10.2. The molecule has 0 saturated heterocycles. The number of hydrogen-bond donors (Lipinski definition) is 1. The van der Waals surface area contributed by atoms with Crippen LogP contribution in [0.25, 0.3) is 0 Å². The van der Waals surface area contributed by atoms with Crippen molar-refractivity contribution < 1.29 is 0 Å². The number of halogens is 1. The molecule has 0 saturated carbocycles. The molecule has 0 spiro atoms. The van der Waals surface area contributed by atoms with Gasteiger partial charge in [0.2, 0.25) is 0 Å². The monoisotopic (exact) mass is 299 g/mol. The zero-order chi connectivity index (χ0) is 10.7. The number of thiophene rings is 1. The van der Waals surface area contributed by atoms with Crippen LogP contribution in [0.15, 0.2) is 49.3 Å². The molecule has 1 nitrogen and oxygen atoms in total. The third-order valence-corrected chi connectivity index (χ3v) is 4.60. The number of hydrogen-bond acceptors (Lipinski definition) is 3. The number of benzene rings is 1. The van der Waals surface area contributed by atoms with E-state index in [1.165, 1.54) is 14.7 Å². The molecule has 15 heavy (non-hydrogen) atoms. The molecule has 4 heteroatoms. The van der Waals surface area contributed by atoms with Crippen LogP contribution in [0, 0.1) is 0 Å². The van der Waals surface area contributed by atoms with Crippen LogP contribution in [-0.4, -0.2) is 0 Å². The fourth-order valence-corrected chi connectivity index (χ4v) is 3.50. The molecule has 1 heterocycles. The second-order valence-corrected chi connectivity index (χ2v) is 6.20. The maximum absolute atomic E-state index is 5.72. The van der Waals surface area contributed by atoms with Crippen molar-refractivity contribution in [3.63, 3.8) is 0 Å². The first-order chi connectivity index (χ1) is 7.29. The molecule has 0 amide bonds. The van der Waals surface area contributed by atoms with Gasteiger partial charge in [0.1, 0.15) is 0 Å². The van der Waals surface area contributed by atoms with Crippen molar-refractivity contribution in [2.24, 2.45) is 5.73 Å². The topological polar surface area (TPSA) is 26.0 Å². The Morgan fingerprint density at radius 1 is 1.33 bits per heavy atom. The first kappa shape index (κ1) is 11.2. The highest BCUT2D eigenvalue weighted by Gasteiger charge is 2.04. The van der Waals surface area contributed by atoms with E-state index in [0.29, 0.717) is 6.54 Å². The summed E-state index contributed by atoms with van der Waals surface area (Å²) in [6, 6.07) is 10.4. The van der Waals surface area contributed by atoms with Crippen molar-refractivity contribution in [3.8, 4) is 0 Å². The Morgan fingerprint density at radius 2 is 2.20 bits per heavy atom. The predicted molar refractivity (Wildman–Crippen MR) is 70.5 cm³/mol. The number of nitrogens with two attached hydrogens (primary N) is 1. The third-order valence-electron chi connectivity index (χ3n) is 1.95. The molecule has 2 rings (SSSR count). The lowest BCUT2D eigenvalue weighted by molar-refractivity contribution is 1.02. The predicted octanol–water partition coefficient (Wildman–Crippen LogP) is 4.12. The van der Waals surface area contributed by atoms with Gasteiger partial charge in [-0.3, -0.25) is 0 Å². The van der Waals surface area contributed by atoms with Crippen molar-refractivity contribution >= 4 is 39.0 Å². The Bertz CT molecular complexity index is 440. The van der Waals surface area contributed by atoms with Crippen LogP contribution >= 0.6 is 39.0 Å². The quantitative estimate of drug-likeness (QED) is 0.922. The minimum absolute atomic E-state index is 0.577. The van der Waals surface area contributed by atoms with Gasteiger partial charge in [0.25, 0.3) is 0 Å². The van der Waals surface area contributed by atoms with Crippen molar-refractivity contribution in [2.75, 3.05) is 0 Å². The van der Waals surface area contributed by atoms with Crippen molar-refractivity contribution in [3.05, 3.63) is 45.7 Å². The molecule has 0 aliphatic carbocycles. The molecular weight excluding hydrogens is 290 g/mol. The average Bonchev–Trinajstić information content (AvgIpc) is 2.73. The van der Waals surface area contributed by atoms with Gasteiger partial charge < -0.3 is 5.73 Å². The van der Waals surface area contributed by atoms with E-state index in [1.807, 2.05) is 0 Å². The standard InChI is InChI=1S/C11H10BrNS2/c12-9-3-4-10(8(6-9)7-13)15-11-2-1-5-14-11/h1-6H,7,13H2. The SMILES string of the molecule is NCc1cc(Br)ccc1Sc1cccs1. The highest BCUT2D eigenvalue weighted by molar-refractivity contribution is 9.10. The van der Waals surface area contributed by atoms with Gasteiger partial charge in [0.15, 0.2) is 0 Å². The van der Waals surface area contributed by atoms with Gasteiger partial charge in [0.05, 0.1) is 4.21 Å². The molecular formula is C11H10BrNS2. The average molecular weight is 300 g/mol. The molecule has 0 bridgehead atoms. The van der Waals surface area contributed by atoms with Gasteiger partial charge in [-0.2, -0.15) is 0 Å². The molecule has 0 aliphatic rings. The van der Waals surface area contributed by atoms with Gasteiger partial charge in [-0.15, -0.1) is 11.3 Å². The summed E-state index contributed by atoms with van der Waals surface area (Å²) in [6.45, 7) is 0.577. The summed E-state index contributed by atoms with van der Waals surface area (Å²) in [4.78, 5) is 1.24. The lowest BCUT2D eigenvalue weighted by Crippen LogP contribution is -1.97. The van der Waals surface area contributed by atoms with Gasteiger partial charge >= 0.3 is 0 Å². The fourth-order valence-electron chi connectivity index (χ4n) is 1.24. The van der Waals surface area contributed by atoms with Crippen molar-refractivity contribution in [1.82, 2.24) is 0 Å². The van der Waals surface area contributed by atoms with Gasteiger partial charge in [-0.1, -0.05) is 33.8 Å². The zero-order valence-electron chi connectivity index (χ0n) is 7.94. The van der Waals surface area contributed by atoms with E-state index in [9.17, 15) is 0 Å². The van der Waals surface area contributed by atoms with Crippen LogP contribution < -0.4 is 5.73 Å². The Balaban J connectivity index is 2.28. The molecule has 1 aromatic heterocycles. The third kappa shape index (κ3) is 2.84. The summed E-state index contributed by atoms with van der Waals surface area (Å²) < 4.78 is 2.38. The summed E-state index contributed by atoms with van der Waals surface area (Å²) in [7, 11) is 0. The summed E-state index contributed by atoms with van der Waals surface area (Å²) in [5, 5.41) is 2.09. The van der Waals surface area contributed by atoms with Gasteiger partial charge in [0, 0.05) is 15.9 Å². The van der Waals surface area contributed by atoms with Gasteiger partial charge in [-0.05, 0) is 35.2 Å². The molecule has 0 aliphatic heterocycles. The molecule has 2 N–H and O–H groups in total. The Hall–Kier alpha value is -0.290. The molecule has 1 aromatic carbocycles. The smallest absolute Gasteiger partial charge is 0.0646 e. The largest absolute Gasteiger partial charge is 0.326 e. The minimum atomic E-state index is 0.577. The molecule has 0 fully saturated rings. The first-order valence-corrected chi connectivity index (χ1v) is 6.98. The summed E-state index contributed by atoms with van der Waals surface area (Å²) in [5.74, 6) is 0. The Morgan fingerprint density at radius 3 is 2.87 bits per heavy atom. The van der Waals surface area contributed by atoms with E-state index in [0.717, 1.165) is 4.47 Å². The fraction of sp³-hybridized carbons (Fsp3) is 0.0909. The van der Waals surface area contributed by atoms with Crippen molar-refractivity contribution in [2.45, 2.75) is 15.6 Å². The van der Waals surface area contributed by atoms with Crippen LogP contribution in [-0.2, 0) is 6.54 Å². The van der Waals surface area contributed by atoms with Crippen molar-refractivity contribution in [1.29, 1.82) is 0 Å². The maximum atomic E-state index is 5.72. The first-order valence-electron chi connectivity index (χ1n) is 4.49. The second kappa shape index (κ2) is 5.16. The molecule has 78 valence electrons. The van der Waals surface area contributed by atoms with Crippen LogP contribution in [0.3, 0.4) is 0 Å². The maximum Gasteiger partial charge on any atom is 0.0646 e.